The molecule has 3 N–H and O–H groups in total. The van der Waals surface area contributed by atoms with Gasteiger partial charge in [0.15, 0.2) is 0 Å². The van der Waals surface area contributed by atoms with Crippen LogP contribution in [0.5, 0.6) is 0 Å². The van der Waals surface area contributed by atoms with Crippen molar-refractivity contribution >= 4 is 6.09 Å². The van der Waals surface area contributed by atoms with Crippen molar-refractivity contribution < 1.29 is 19.7 Å². The highest BCUT2D eigenvalue weighted by Gasteiger charge is 2.68. The van der Waals surface area contributed by atoms with Crippen molar-refractivity contribution in [2.24, 2.45) is 51.8 Å². The Hall–Kier alpha value is -1.25. The van der Waals surface area contributed by atoms with Gasteiger partial charge in [-0.25, -0.2) is 4.79 Å². The molecule has 3 unspecified atom stereocenters. The number of hydrogen-bond acceptors (Lipinski definition) is 4. The number of alkyl carbamates (subject to hydrolysis) is 1. The van der Waals surface area contributed by atoms with Gasteiger partial charge in [-0.15, -0.1) is 6.42 Å². The van der Waals surface area contributed by atoms with E-state index in [1.165, 1.54) is 19.3 Å². The average Bonchev–Trinajstić information content (AvgIpc) is 3.23. The predicted octanol–water partition coefficient (Wildman–Crippen LogP) is 6.70. The van der Waals surface area contributed by atoms with E-state index in [-0.39, 0.29) is 58.3 Å². The molecule has 11 atom stereocenters. The number of carbonyl (C=O) groups excluding carboxylic acids is 1. The van der Waals surface area contributed by atoms with Gasteiger partial charge < -0.3 is 20.3 Å². The highest BCUT2D eigenvalue weighted by molar-refractivity contribution is 5.67. The van der Waals surface area contributed by atoms with Crippen LogP contribution in [-0.2, 0) is 4.74 Å². The van der Waals surface area contributed by atoms with Gasteiger partial charge in [-0.05, 0) is 111 Å². The van der Waals surface area contributed by atoms with E-state index >= 15 is 0 Å². The molecule has 5 heteroatoms. The molecule has 1 amide bonds. The number of amides is 1. The van der Waals surface area contributed by atoms with Crippen LogP contribution in [0.2, 0.25) is 0 Å². The Morgan fingerprint density at radius 2 is 1.74 bits per heavy atom. The lowest BCUT2D eigenvalue weighted by molar-refractivity contribution is -0.207. The maximum absolute atomic E-state index is 12.5. The molecule has 5 fully saturated rings. The third kappa shape index (κ3) is 4.74. The molecule has 0 spiro atoms. The average molecular weight is 542 g/mol. The Bertz CT molecular complexity index is 925. The molecule has 0 bridgehead atoms. The molecular formula is C34H55NO4. The molecule has 5 saturated carbocycles. The molecule has 5 nitrogen and oxygen atoms in total. The Kier molecular flexibility index (Phi) is 8.40. The van der Waals surface area contributed by atoms with Gasteiger partial charge >= 0.3 is 6.09 Å². The Morgan fingerprint density at radius 1 is 1.03 bits per heavy atom. The quantitative estimate of drug-likeness (QED) is 0.327. The Labute approximate surface area is 237 Å². The van der Waals surface area contributed by atoms with Gasteiger partial charge in [-0.2, -0.15) is 0 Å². The summed E-state index contributed by atoms with van der Waals surface area (Å²) in [6, 6.07) is 0.258. The van der Waals surface area contributed by atoms with Crippen molar-refractivity contribution in [1.29, 1.82) is 0 Å². The lowest BCUT2D eigenvalue weighted by Crippen LogP contribution is -2.63. The van der Waals surface area contributed by atoms with E-state index in [9.17, 15) is 15.0 Å². The summed E-state index contributed by atoms with van der Waals surface area (Å²) < 4.78 is 5.67. The van der Waals surface area contributed by atoms with Crippen LogP contribution in [-0.4, -0.2) is 41.2 Å². The predicted molar refractivity (Wildman–Crippen MR) is 155 cm³/mol. The number of hydrogen-bond donors (Lipinski definition) is 3. The molecule has 5 aliphatic rings. The topological polar surface area (TPSA) is 78.8 Å². The van der Waals surface area contributed by atoms with Crippen LogP contribution < -0.4 is 5.32 Å². The minimum Gasteiger partial charge on any atom is -0.450 e. The number of rotatable bonds is 6. The number of carbonyl (C=O) groups is 1. The minimum absolute atomic E-state index is 0.0245. The Balaban J connectivity index is 1.30. The highest BCUT2D eigenvalue weighted by Crippen LogP contribution is 2.72. The van der Waals surface area contributed by atoms with Crippen molar-refractivity contribution in [3.63, 3.8) is 0 Å². The maximum atomic E-state index is 12.5. The van der Waals surface area contributed by atoms with E-state index in [0.717, 1.165) is 70.6 Å². The number of ether oxygens (including phenoxy) is 1. The van der Waals surface area contributed by atoms with Crippen molar-refractivity contribution in [1.82, 2.24) is 5.32 Å². The van der Waals surface area contributed by atoms with Crippen molar-refractivity contribution in [3.8, 4) is 12.3 Å². The molecule has 0 heterocycles. The summed E-state index contributed by atoms with van der Waals surface area (Å²) in [5.41, 5.74) is -0.0746. The number of aliphatic hydroxyl groups excluding tert-OH is 2. The first-order chi connectivity index (χ1) is 18.6. The van der Waals surface area contributed by atoms with Crippen LogP contribution in [0, 0.1) is 64.1 Å². The van der Waals surface area contributed by atoms with Crippen LogP contribution >= 0.6 is 0 Å². The van der Waals surface area contributed by atoms with Crippen molar-refractivity contribution in [2.75, 3.05) is 6.61 Å². The van der Waals surface area contributed by atoms with Crippen LogP contribution in [0.25, 0.3) is 0 Å². The van der Waals surface area contributed by atoms with Crippen LogP contribution in [0.15, 0.2) is 0 Å². The molecule has 0 aromatic heterocycles. The largest absolute Gasteiger partial charge is 0.450 e. The molecule has 220 valence electrons. The first kappa shape index (κ1) is 29.2. The first-order valence-corrected chi connectivity index (χ1v) is 16.4. The molecule has 5 aliphatic carbocycles. The molecular weight excluding hydrogens is 486 g/mol. The lowest BCUT2D eigenvalue weighted by Gasteiger charge is -2.65. The summed E-state index contributed by atoms with van der Waals surface area (Å²) in [4.78, 5) is 12.5. The monoisotopic (exact) mass is 541 g/mol. The second-order valence-electron chi connectivity index (χ2n) is 14.8. The third-order valence-electron chi connectivity index (χ3n) is 13.5. The fraction of sp³-hybridized carbons (Fsp3) is 0.912. The zero-order chi connectivity index (χ0) is 28.0. The van der Waals surface area contributed by atoms with E-state index in [0.29, 0.717) is 24.4 Å². The summed E-state index contributed by atoms with van der Waals surface area (Å²) >= 11 is 0. The second kappa shape index (κ2) is 11.2. The standard InChI is InChI=1S/C34H55NO4/c1-6-25-28-21-24(36)13-17-32(28,4)26-14-18-33(5)27(29(26)30(25)37)15-19-34(33,7-2)22(3)16-20-39-31(38)35-23-11-9-8-10-12-23/h2,22-30,36-37H,6,8-21H2,1,3-5H3,(H,35,38)/t22-,24-,25-,26?,27+,28?,29-,30-,32-,33+,34?/m1/s1. The number of terminal acetylenes is 1. The van der Waals surface area contributed by atoms with E-state index in [1.807, 2.05) is 0 Å². The number of nitrogens with one attached hydrogen (secondary N) is 1. The first-order valence-electron chi connectivity index (χ1n) is 16.4. The fourth-order valence-electron chi connectivity index (χ4n) is 11.3. The fourth-order valence-corrected chi connectivity index (χ4v) is 11.3. The molecule has 0 saturated heterocycles. The van der Waals surface area contributed by atoms with Gasteiger partial charge in [-0.1, -0.05) is 59.3 Å². The van der Waals surface area contributed by atoms with Gasteiger partial charge in [0.2, 0.25) is 0 Å². The molecule has 0 aromatic rings. The summed E-state index contributed by atoms with van der Waals surface area (Å²) in [7, 11) is 0. The summed E-state index contributed by atoms with van der Waals surface area (Å²) in [6.07, 6.45) is 20.2. The zero-order valence-corrected chi connectivity index (χ0v) is 25.1. The number of aliphatic hydroxyl groups is 2. The highest BCUT2D eigenvalue weighted by atomic mass is 16.5. The minimum atomic E-state index is -0.316. The summed E-state index contributed by atoms with van der Waals surface area (Å²) in [6.45, 7) is 9.82. The van der Waals surface area contributed by atoms with Crippen LogP contribution in [0.3, 0.4) is 0 Å². The molecule has 39 heavy (non-hydrogen) atoms. The SMILES string of the molecule is C#CC1([C@H](C)CCOC(=O)NC2CCCCC2)CC[C@H]2[C@H]3C(CC[C@@]21C)[C@@]1(C)CC[C@@H](O)CC1[C@@H](CC)[C@H]3O. The van der Waals surface area contributed by atoms with Gasteiger partial charge in [0.25, 0.3) is 0 Å². The Morgan fingerprint density at radius 3 is 2.44 bits per heavy atom. The summed E-state index contributed by atoms with van der Waals surface area (Å²) in [5, 5.41) is 25.6. The number of fused-ring (bicyclic) bond motifs is 5. The zero-order valence-electron chi connectivity index (χ0n) is 25.1. The van der Waals surface area contributed by atoms with E-state index in [4.69, 9.17) is 11.2 Å². The van der Waals surface area contributed by atoms with Gasteiger partial charge in [-0.3, -0.25) is 0 Å². The molecule has 0 radical (unpaired) electrons. The van der Waals surface area contributed by atoms with Crippen LogP contribution in [0.4, 0.5) is 4.79 Å². The second-order valence-corrected chi connectivity index (χ2v) is 14.8. The van der Waals surface area contributed by atoms with E-state index in [1.54, 1.807) is 0 Å². The normalized spacial score (nSPS) is 46.7. The van der Waals surface area contributed by atoms with Gasteiger partial charge in [0.05, 0.1) is 18.8 Å². The third-order valence-corrected chi connectivity index (χ3v) is 13.5. The van der Waals surface area contributed by atoms with Gasteiger partial charge in [0.1, 0.15) is 0 Å². The van der Waals surface area contributed by atoms with Crippen LogP contribution in [0.1, 0.15) is 118 Å². The molecule has 0 aliphatic heterocycles. The smallest absolute Gasteiger partial charge is 0.407 e. The van der Waals surface area contributed by atoms with E-state index < -0.39 is 0 Å². The molecule has 0 aromatic carbocycles. The van der Waals surface area contributed by atoms with Crippen molar-refractivity contribution in [2.45, 2.75) is 136 Å². The van der Waals surface area contributed by atoms with Crippen molar-refractivity contribution in [3.05, 3.63) is 0 Å². The lowest BCUT2D eigenvalue weighted by atomic mass is 9.40. The van der Waals surface area contributed by atoms with Gasteiger partial charge in [0, 0.05) is 11.5 Å². The summed E-state index contributed by atoms with van der Waals surface area (Å²) in [5.74, 6) is 5.46. The molecule has 5 rings (SSSR count). The maximum Gasteiger partial charge on any atom is 0.407 e. The van der Waals surface area contributed by atoms with E-state index in [2.05, 4.69) is 38.9 Å².